The number of benzene rings is 1. The minimum absolute atomic E-state index is 0.160. The molecule has 1 aromatic heterocycles. The van der Waals surface area contributed by atoms with E-state index in [4.69, 9.17) is 4.74 Å². The third-order valence-corrected chi connectivity index (χ3v) is 4.22. The van der Waals surface area contributed by atoms with E-state index in [1.54, 1.807) is 0 Å². The van der Waals surface area contributed by atoms with Gasteiger partial charge in [0.15, 0.2) is 0 Å². The molecule has 1 aromatic carbocycles. The number of anilines is 1. The summed E-state index contributed by atoms with van der Waals surface area (Å²) >= 11 is 0. The molecule has 0 aliphatic heterocycles. The van der Waals surface area contributed by atoms with Crippen LogP contribution in [0.4, 0.5) is 5.69 Å². The normalized spacial score (nSPS) is 10.6. The number of ether oxygens (including phenoxy) is 1. The highest BCUT2D eigenvalue weighted by atomic mass is 16.5. The minimum Gasteiger partial charge on any atom is -0.493 e. The third kappa shape index (κ3) is 4.38. The molecule has 1 amide bonds. The predicted octanol–water partition coefficient (Wildman–Crippen LogP) is 4.86. The van der Waals surface area contributed by atoms with Crippen LogP contribution in [0.15, 0.2) is 24.3 Å². The highest BCUT2D eigenvalue weighted by Gasteiger charge is 2.19. The van der Waals surface area contributed by atoms with Gasteiger partial charge in [0.2, 0.25) is 0 Å². The molecule has 0 fully saturated rings. The van der Waals surface area contributed by atoms with Crippen molar-refractivity contribution in [3.8, 4) is 5.75 Å². The van der Waals surface area contributed by atoms with Gasteiger partial charge in [0.1, 0.15) is 11.3 Å². The molecule has 1 N–H and O–H groups in total. The number of hydrogen-bond donors (Lipinski definition) is 1. The maximum atomic E-state index is 13.0. The van der Waals surface area contributed by atoms with Gasteiger partial charge >= 0.3 is 0 Å². The van der Waals surface area contributed by atoms with Crippen molar-refractivity contribution in [2.24, 2.45) is 0 Å². The van der Waals surface area contributed by atoms with Crippen molar-refractivity contribution in [2.45, 2.75) is 53.9 Å². The van der Waals surface area contributed by atoms with Crippen molar-refractivity contribution in [1.82, 2.24) is 4.98 Å². The zero-order valence-electron chi connectivity index (χ0n) is 15.9. The van der Waals surface area contributed by atoms with Crippen LogP contribution >= 0.6 is 0 Å². The number of carbonyl (C=O) groups is 1. The number of hydrogen-bond acceptors (Lipinski definition) is 3. The second kappa shape index (κ2) is 8.65. The molecule has 0 radical (unpaired) electrons. The summed E-state index contributed by atoms with van der Waals surface area (Å²) in [7, 11) is 0. The highest BCUT2D eigenvalue weighted by Crippen LogP contribution is 2.27. The largest absolute Gasteiger partial charge is 0.493 e. The van der Waals surface area contributed by atoms with Crippen molar-refractivity contribution in [2.75, 3.05) is 11.9 Å². The molecular weight excluding hydrogens is 312 g/mol. The first-order chi connectivity index (χ1) is 12.0. The Balaban J connectivity index is 2.42. The number of carbonyl (C=O) groups excluding carboxylic acids is 1. The zero-order valence-corrected chi connectivity index (χ0v) is 15.9. The number of amides is 1. The van der Waals surface area contributed by atoms with Gasteiger partial charge < -0.3 is 10.1 Å². The molecule has 2 rings (SSSR count). The van der Waals surface area contributed by atoms with Crippen LogP contribution < -0.4 is 10.1 Å². The molecule has 134 valence electrons. The fraction of sp³-hybridized carbons (Fsp3) is 0.429. The lowest BCUT2D eigenvalue weighted by molar-refractivity contribution is 0.102. The van der Waals surface area contributed by atoms with E-state index >= 15 is 0 Å². The molecule has 2 aromatic rings. The maximum Gasteiger partial charge on any atom is 0.261 e. The Kier molecular flexibility index (Phi) is 6.57. The van der Waals surface area contributed by atoms with Crippen LogP contribution in [0.2, 0.25) is 0 Å². The topological polar surface area (TPSA) is 51.2 Å². The zero-order chi connectivity index (χ0) is 18.4. The Morgan fingerprint density at radius 3 is 2.32 bits per heavy atom. The summed E-state index contributed by atoms with van der Waals surface area (Å²) in [5.74, 6) is 0.447. The molecule has 4 nitrogen and oxygen atoms in total. The second-order valence-electron chi connectivity index (χ2n) is 6.18. The molecule has 4 heteroatoms. The molecular formula is C21H28N2O2. The van der Waals surface area contributed by atoms with E-state index in [0.717, 1.165) is 41.8 Å². The quantitative estimate of drug-likeness (QED) is 0.783. The summed E-state index contributed by atoms with van der Waals surface area (Å²) in [4.78, 5) is 17.5. The molecule has 0 aliphatic rings. The molecule has 0 saturated heterocycles. The molecule has 0 saturated carbocycles. The van der Waals surface area contributed by atoms with Gasteiger partial charge in [-0.25, -0.2) is 0 Å². The number of para-hydroxylation sites is 1. The maximum absolute atomic E-state index is 13.0. The number of pyridine rings is 1. The van der Waals surface area contributed by atoms with Gasteiger partial charge in [-0.2, -0.15) is 0 Å². The molecule has 0 spiro atoms. The Labute approximate surface area is 150 Å². The highest BCUT2D eigenvalue weighted by molar-refractivity contribution is 6.07. The number of aryl methyl sites for hydroxylation is 4. The van der Waals surface area contributed by atoms with Crippen LogP contribution in [0, 0.1) is 13.8 Å². The predicted molar refractivity (Wildman–Crippen MR) is 103 cm³/mol. The fourth-order valence-corrected chi connectivity index (χ4v) is 2.97. The molecule has 0 unspecified atom stereocenters. The summed E-state index contributed by atoms with van der Waals surface area (Å²) in [5.41, 5.74) is 5.26. The lowest BCUT2D eigenvalue weighted by Crippen LogP contribution is -2.18. The van der Waals surface area contributed by atoms with Gasteiger partial charge in [-0.15, -0.1) is 0 Å². The Morgan fingerprint density at radius 1 is 1.12 bits per heavy atom. The first-order valence-electron chi connectivity index (χ1n) is 9.04. The first kappa shape index (κ1) is 19.0. The summed E-state index contributed by atoms with van der Waals surface area (Å²) in [6, 6.07) is 8.00. The average molecular weight is 340 g/mol. The van der Waals surface area contributed by atoms with Crippen LogP contribution in [0.5, 0.6) is 5.75 Å². The van der Waals surface area contributed by atoms with Gasteiger partial charge in [0.25, 0.3) is 5.91 Å². The van der Waals surface area contributed by atoms with Crippen LogP contribution in [-0.2, 0) is 12.8 Å². The minimum atomic E-state index is -0.160. The van der Waals surface area contributed by atoms with E-state index in [0.29, 0.717) is 23.6 Å². The van der Waals surface area contributed by atoms with Crippen molar-refractivity contribution >= 4 is 11.6 Å². The molecule has 1 heterocycles. The van der Waals surface area contributed by atoms with Crippen molar-refractivity contribution < 1.29 is 9.53 Å². The number of nitrogens with one attached hydrogen (secondary N) is 1. The van der Waals surface area contributed by atoms with Gasteiger partial charge in [0, 0.05) is 17.4 Å². The summed E-state index contributed by atoms with van der Waals surface area (Å²) < 4.78 is 5.82. The second-order valence-corrected chi connectivity index (χ2v) is 6.18. The SMILES string of the molecule is CCCOc1cc(C)nc(C)c1C(=O)Nc1c(CC)cccc1CC. The first-order valence-corrected chi connectivity index (χ1v) is 9.04. The molecule has 0 aliphatic carbocycles. The molecule has 0 bridgehead atoms. The number of aromatic nitrogens is 1. The van der Waals surface area contributed by atoms with Gasteiger partial charge in [-0.3, -0.25) is 9.78 Å². The van der Waals surface area contributed by atoms with E-state index in [-0.39, 0.29) is 5.91 Å². The smallest absolute Gasteiger partial charge is 0.261 e. The third-order valence-electron chi connectivity index (χ3n) is 4.22. The molecule has 0 atom stereocenters. The van der Waals surface area contributed by atoms with E-state index in [1.165, 1.54) is 0 Å². The summed E-state index contributed by atoms with van der Waals surface area (Å²) in [6.07, 6.45) is 2.63. The van der Waals surface area contributed by atoms with E-state index in [1.807, 2.05) is 32.9 Å². The lowest BCUT2D eigenvalue weighted by Gasteiger charge is -2.17. The standard InChI is InChI=1S/C21H28N2O2/c1-6-12-25-18-13-14(4)22-15(5)19(18)21(24)23-20-16(7-2)10-9-11-17(20)8-3/h9-11,13H,6-8,12H2,1-5H3,(H,23,24). The van der Waals surface area contributed by atoms with Gasteiger partial charge in [0.05, 0.1) is 12.3 Å². The van der Waals surface area contributed by atoms with Crippen LogP contribution in [-0.4, -0.2) is 17.5 Å². The van der Waals surface area contributed by atoms with E-state index in [2.05, 4.69) is 36.3 Å². The van der Waals surface area contributed by atoms with Gasteiger partial charge in [-0.05, 0) is 44.2 Å². The summed E-state index contributed by atoms with van der Waals surface area (Å²) in [5, 5.41) is 3.12. The van der Waals surface area contributed by atoms with Crippen LogP contribution in [0.1, 0.15) is 60.1 Å². The Hall–Kier alpha value is -2.36. The number of nitrogens with zero attached hydrogens (tertiary/aromatic N) is 1. The monoisotopic (exact) mass is 340 g/mol. The van der Waals surface area contributed by atoms with Crippen molar-refractivity contribution in [1.29, 1.82) is 0 Å². The summed E-state index contributed by atoms with van der Waals surface area (Å²) in [6.45, 7) is 10.6. The van der Waals surface area contributed by atoms with Gasteiger partial charge in [-0.1, -0.05) is 39.0 Å². The van der Waals surface area contributed by atoms with Crippen molar-refractivity contribution in [3.05, 3.63) is 52.3 Å². The Morgan fingerprint density at radius 2 is 1.76 bits per heavy atom. The Bertz CT molecular complexity index is 732. The molecule has 25 heavy (non-hydrogen) atoms. The van der Waals surface area contributed by atoms with E-state index in [9.17, 15) is 4.79 Å². The van der Waals surface area contributed by atoms with Crippen LogP contribution in [0.25, 0.3) is 0 Å². The lowest BCUT2D eigenvalue weighted by atomic mass is 10.0. The van der Waals surface area contributed by atoms with E-state index < -0.39 is 0 Å². The van der Waals surface area contributed by atoms with Crippen LogP contribution in [0.3, 0.4) is 0 Å². The average Bonchev–Trinajstić information content (AvgIpc) is 2.59. The fourth-order valence-electron chi connectivity index (χ4n) is 2.97. The number of rotatable bonds is 7. The van der Waals surface area contributed by atoms with Crippen molar-refractivity contribution in [3.63, 3.8) is 0 Å².